The van der Waals surface area contributed by atoms with Crippen LogP contribution in [-0.4, -0.2) is 28.4 Å². The smallest absolute Gasteiger partial charge is 0.273 e. The van der Waals surface area contributed by atoms with Crippen LogP contribution in [0.25, 0.3) is 0 Å². The van der Waals surface area contributed by atoms with Gasteiger partial charge in [-0.3, -0.25) is 4.79 Å². The molecule has 1 aliphatic rings. The first kappa shape index (κ1) is 10.6. The molecule has 0 N–H and O–H groups in total. The summed E-state index contributed by atoms with van der Waals surface area (Å²) in [7, 11) is 0. The van der Waals surface area contributed by atoms with Crippen LogP contribution in [-0.2, 0) is 0 Å². The summed E-state index contributed by atoms with van der Waals surface area (Å²) in [5.74, 6) is 0.691. The molecule has 0 aromatic carbocycles. The molecule has 0 aliphatic carbocycles. The van der Waals surface area contributed by atoms with E-state index in [0.29, 0.717) is 17.7 Å². The monoisotopic (exact) mass is 224 g/mol. The van der Waals surface area contributed by atoms with Gasteiger partial charge in [0.2, 0.25) is 0 Å². The van der Waals surface area contributed by atoms with Gasteiger partial charge in [-0.25, -0.2) is 4.98 Å². The fraction of sp³-hybridized carbons (Fsp3) is 0.636. The maximum atomic E-state index is 12.1. The molecule has 15 heavy (non-hydrogen) atoms. The maximum absolute atomic E-state index is 12.1. The number of likely N-dealkylation sites (tertiary alicyclic amines) is 1. The van der Waals surface area contributed by atoms with E-state index in [4.69, 9.17) is 0 Å². The molecular weight excluding hydrogens is 208 g/mol. The maximum Gasteiger partial charge on any atom is 0.273 e. The van der Waals surface area contributed by atoms with Gasteiger partial charge in [0.1, 0.15) is 5.69 Å². The van der Waals surface area contributed by atoms with Gasteiger partial charge >= 0.3 is 0 Å². The third-order valence-corrected chi connectivity index (χ3v) is 3.87. The molecular formula is C11H16N2OS. The third kappa shape index (κ3) is 2.04. The number of hydrogen-bond donors (Lipinski definition) is 0. The molecule has 2 heterocycles. The van der Waals surface area contributed by atoms with Crippen LogP contribution in [0.4, 0.5) is 0 Å². The van der Waals surface area contributed by atoms with E-state index in [0.717, 1.165) is 13.0 Å². The minimum Gasteiger partial charge on any atom is -0.334 e. The second-order valence-electron chi connectivity index (χ2n) is 4.23. The molecule has 4 heteroatoms. The zero-order valence-electron chi connectivity index (χ0n) is 9.14. The van der Waals surface area contributed by atoms with Crippen molar-refractivity contribution >= 4 is 17.2 Å². The van der Waals surface area contributed by atoms with Crippen LogP contribution in [0.5, 0.6) is 0 Å². The van der Waals surface area contributed by atoms with Gasteiger partial charge < -0.3 is 4.90 Å². The Bertz CT molecular complexity index is 336. The SMILES string of the molecule is CC1CCCN(C(=O)c2cscn2)C1C. The molecule has 1 aromatic heterocycles. The van der Waals surface area contributed by atoms with Crippen LogP contribution < -0.4 is 0 Å². The number of carbonyl (C=O) groups is 1. The Balaban J connectivity index is 2.13. The number of hydrogen-bond acceptors (Lipinski definition) is 3. The summed E-state index contributed by atoms with van der Waals surface area (Å²) in [5.41, 5.74) is 2.31. The summed E-state index contributed by atoms with van der Waals surface area (Å²) in [6.07, 6.45) is 2.34. The molecule has 1 saturated heterocycles. The standard InChI is InChI=1S/C11H16N2OS/c1-8-4-3-5-13(9(8)2)11(14)10-6-15-7-12-10/h6-9H,3-5H2,1-2H3. The van der Waals surface area contributed by atoms with E-state index in [1.807, 2.05) is 10.3 Å². The Hall–Kier alpha value is -0.900. The van der Waals surface area contributed by atoms with Crippen molar-refractivity contribution in [2.24, 2.45) is 5.92 Å². The van der Waals surface area contributed by atoms with Crippen LogP contribution in [0.1, 0.15) is 37.2 Å². The van der Waals surface area contributed by atoms with Crippen LogP contribution in [0.2, 0.25) is 0 Å². The largest absolute Gasteiger partial charge is 0.334 e. The van der Waals surface area contributed by atoms with Gasteiger partial charge in [0, 0.05) is 18.0 Å². The molecule has 2 unspecified atom stereocenters. The van der Waals surface area contributed by atoms with E-state index in [1.54, 1.807) is 5.51 Å². The van der Waals surface area contributed by atoms with Crippen molar-refractivity contribution in [2.75, 3.05) is 6.54 Å². The van der Waals surface area contributed by atoms with Crippen LogP contribution >= 0.6 is 11.3 Å². The van der Waals surface area contributed by atoms with Crippen molar-refractivity contribution in [1.82, 2.24) is 9.88 Å². The van der Waals surface area contributed by atoms with E-state index >= 15 is 0 Å². The van der Waals surface area contributed by atoms with E-state index in [9.17, 15) is 4.79 Å². The second kappa shape index (κ2) is 4.31. The molecule has 3 nitrogen and oxygen atoms in total. The highest BCUT2D eigenvalue weighted by molar-refractivity contribution is 7.07. The summed E-state index contributed by atoms with van der Waals surface area (Å²) in [6, 6.07) is 0.341. The molecule has 0 saturated carbocycles. The number of nitrogens with zero attached hydrogens (tertiary/aromatic N) is 2. The minimum absolute atomic E-state index is 0.0929. The lowest BCUT2D eigenvalue weighted by molar-refractivity contribution is 0.0546. The van der Waals surface area contributed by atoms with Crippen molar-refractivity contribution in [2.45, 2.75) is 32.7 Å². The third-order valence-electron chi connectivity index (χ3n) is 3.29. The summed E-state index contributed by atoms with van der Waals surface area (Å²) in [4.78, 5) is 18.1. The molecule has 1 aliphatic heterocycles. The predicted molar refractivity (Wildman–Crippen MR) is 61.0 cm³/mol. The topological polar surface area (TPSA) is 33.2 Å². The molecule has 2 rings (SSSR count). The summed E-state index contributed by atoms with van der Waals surface area (Å²) in [6.45, 7) is 5.22. The van der Waals surface area contributed by atoms with E-state index in [2.05, 4.69) is 18.8 Å². The van der Waals surface area contributed by atoms with Gasteiger partial charge in [0.25, 0.3) is 5.91 Å². The van der Waals surface area contributed by atoms with Gasteiger partial charge in [0.15, 0.2) is 0 Å². The van der Waals surface area contributed by atoms with Gasteiger partial charge in [-0.1, -0.05) is 6.92 Å². The quantitative estimate of drug-likeness (QED) is 0.734. The fourth-order valence-corrected chi connectivity index (χ4v) is 2.61. The average Bonchev–Trinajstić information content (AvgIpc) is 2.74. The Morgan fingerprint density at radius 1 is 1.60 bits per heavy atom. The molecule has 2 atom stereocenters. The average molecular weight is 224 g/mol. The molecule has 82 valence electrons. The van der Waals surface area contributed by atoms with Crippen LogP contribution in [0, 0.1) is 5.92 Å². The van der Waals surface area contributed by atoms with Gasteiger partial charge in [-0.15, -0.1) is 11.3 Å². The first-order chi connectivity index (χ1) is 7.20. The molecule has 0 bridgehead atoms. The van der Waals surface area contributed by atoms with Gasteiger partial charge in [-0.2, -0.15) is 0 Å². The van der Waals surface area contributed by atoms with E-state index < -0.39 is 0 Å². The number of rotatable bonds is 1. The van der Waals surface area contributed by atoms with Crippen LogP contribution in [0.3, 0.4) is 0 Å². The number of aromatic nitrogens is 1. The Kier molecular flexibility index (Phi) is 3.05. The lowest BCUT2D eigenvalue weighted by Crippen LogP contribution is -2.46. The minimum atomic E-state index is 0.0929. The van der Waals surface area contributed by atoms with Crippen molar-refractivity contribution in [3.05, 3.63) is 16.6 Å². The number of piperidine rings is 1. The normalized spacial score (nSPS) is 26.7. The highest BCUT2D eigenvalue weighted by Crippen LogP contribution is 2.24. The van der Waals surface area contributed by atoms with E-state index in [-0.39, 0.29) is 5.91 Å². The summed E-state index contributed by atoms with van der Waals surface area (Å²) < 4.78 is 0. The van der Waals surface area contributed by atoms with E-state index in [1.165, 1.54) is 17.8 Å². The molecule has 0 radical (unpaired) electrons. The van der Waals surface area contributed by atoms with Gasteiger partial charge in [-0.05, 0) is 25.7 Å². The Morgan fingerprint density at radius 3 is 3.07 bits per heavy atom. The molecule has 1 aromatic rings. The number of carbonyl (C=O) groups excluding carboxylic acids is 1. The molecule has 1 fully saturated rings. The van der Waals surface area contributed by atoms with Crippen molar-refractivity contribution in [3.63, 3.8) is 0 Å². The second-order valence-corrected chi connectivity index (χ2v) is 4.95. The van der Waals surface area contributed by atoms with Crippen LogP contribution in [0.15, 0.2) is 10.9 Å². The Morgan fingerprint density at radius 2 is 2.40 bits per heavy atom. The summed E-state index contributed by atoms with van der Waals surface area (Å²) >= 11 is 1.48. The fourth-order valence-electron chi connectivity index (χ4n) is 2.09. The number of thiazole rings is 1. The molecule has 0 spiro atoms. The number of amides is 1. The lowest BCUT2D eigenvalue weighted by atomic mass is 9.92. The zero-order chi connectivity index (χ0) is 10.8. The van der Waals surface area contributed by atoms with Crippen molar-refractivity contribution in [1.29, 1.82) is 0 Å². The highest BCUT2D eigenvalue weighted by Gasteiger charge is 2.29. The van der Waals surface area contributed by atoms with Crippen molar-refractivity contribution in [3.8, 4) is 0 Å². The highest BCUT2D eigenvalue weighted by atomic mass is 32.1. The summed E-state index contributed by atoms with van der Waals surface area (Å²) in [5, 5.41) is 1.83. The first-order valence-corrected chi connectivity index (χ1v) is 6.33. The first-order valence-electron chi connectivity index (χ1n) is 5.39. The zero-order valence-corrected chi connectivity index (χ0v) is 9.96. The Labute approximate surface area is 94.1 Å². The lowest BCUT2D eigenvalue weighted by Gasteiger charge is -2.37. The van der Waals surface area contributed by atoms with Gasteiger partial charge in [0.05, 0.1) is 5.51 Å². The van der Waals surface area contributed by atoms with Crippen molar-refractivity contribution < 1.29 is 4.79 Å². The molecule has 1 amide bonds. The predicted octanol–water partition coefficient (Wildman–Crippen LogP) is 2.40.